The van der Waals surface area contributed by atoms with Crippen LogP contribution < -0.4 is 20.5 Å². The third-order valence-electron chi connectivity index (χ3n) is 4.19. The molecule has 6 heteroatoms. The highest BCUT2D eigenvalue weighted by atomic mass is 16.5. The van der Waals surface area contributed by atoms with Crippen LogP contribution in [-0.2, 0) is 0 Å². The molecule has 1 amide bonds. The minimum atomic E-state index is -0.274. The van der Waals surface area contributed by atoms with Crippen molar-refractivity contribution in [3.8, 4) is 5.75 Å². The van der Waals surface area contributed by atoms with E-state index in [0.717, 1.165) is 37.4 Å². The summed E-state index contributed by atoms with van der Waals surface area (Å²) in [6.45, 7) is 1.68. The summed E-state index contributed by atoms with van der Waals surface area (Å²) in [6, 6.07) is 12.5. The summed E-state index contributed by atoms with van der Waals surface area (Å²) in [4.78, 5) is 28.4. The lowest BCUT2D eigenvalue weighted by molar-refractivity contribution is 0.0928. The molecular formula is C18H21N3O3. The number of piperidine rings is 1. The van der Waals surface area contributed by atoms with E-state index in [0.29, 0.717) is 5.69 Å². The van der Waals surface area contributed by atoms with Crippen LogP contribution in [0.3, 0.4) is 0 Å². The highest BCUT2D eigenvalue weighted by Gasteiger charge is 2.22. The van der Waals surface area contributed by atoms with Crippen LogP contribution in [0.4, 0.5) is 5.69 Å². The standard InChI is InChI=1S/C18H21N3O3/c1-24-15-7-2-6-14(11-15)21-10-4-5-13(12-21)19-18(23)16-8-3-9-17(22)20-16/h2-3,6-9,11,13H,4-5,10,12H2,1H3,(H,19,23)(H,20,22). The second-order valence-electron chi connectivity index (χ2n) is 5.89. The van der Waals surface area contributed by atoms with Crippen molar-refractivity contribution >= 4 is 11.6 Å². The van der Waals surface area contributed by atoms with Crippen LogP contribution in [0.15, 0.2) is 47.3 Å². The fourth-order valence-electron chi connectivity index (χ4n) is 2.98. The molecule has 3 rings (SSSR count). The molecule has 1 unspecified atom stereocenters. The van der Waals surface area contributed by atoms with Crippen LogP contribution in [0.5, 0.6) is 5.75 Å². The Morgan fingerprint density at radius 1 is 1.29 bits per heavy atom. The van der Waals surface area contributed by atoms with Gasteiger partial charge in [0, 0.05) is 37.0 Å². The highest BCUT2D eigenvalue weighted by Crippen LogP contribution is 2.24. The maximum atomic E-state index is 12.3. The number of amides is 1. The smallest absolute Gasteiger partial charge is 0.268 e. The van der Waals surface area contributed by atoms with Crippen molar-refractivity contribution in [1.29, 1.82) is 0 Å². The van der Waals surface area contributed by atoms with E-state index in [4.69, 9.17) is 4.74 Å². The van der Waals surface area contributed by atoms with Crippen molar-refractivity contribution in [1.82, 2.24) is 10.3 Å². The number of rotatable bonds is 4. The van der Waals surface area contributed by atoms with Gasteiger partial charge in [-0.05, 0) is 31.0 Å². The minimum Gasteiger partial charge on any atom is -0.497 e. The number of nitrogens with one attached hydrogen (secondary N) is 2. The summed E-state index contributed by atoms with van der Waals surface area (Å²) in [5, 5.41) is 3.01. The minimum absolute atomic E-state index is 0.0427. The second-order valence-corrected chi connectivity index (χ2v) is 5.89. The van der Waals surface area contributed by atoms with Crippen molar-refractivity contribution in [2.24, 2.45) is 0 Å². The molecule has 1 saturated heterocycles. The second kappa shape index (κ2) is 7.21. The van der Waals surface area contributed by atoms with E-state index in [1.165, 1.54) is 6.07 Å². The summed E-state index contributed by atoms with van der Waals surface area (Å²) in [5.74, 6) is 0.575. The van der Waals surface area contributed by atoms with Gasteiger partial charge < -0.3 is 19.9 Å². The van der Waals surface area contributed by atoms with E-state index >= 15 is 0 Å². The lowest BCUT2D eigenvalue weighted by Gasteiger charge is -2.34. The average Bonchev–Trinajstić information content (AvgIpc) is 2.62. The average molecular weight is 327 g/mol. The van der Waals surface area contributed by atoms with Gasteiger partial charge in [-0.3, -0.25) is 9.59 Å². The first-order chi connectivity index (χ1) is 11.7. The monoisotopic (exact) mass is 327 g/mol. The summed E-state index contributed by atoms with van der Waals surface area (Å²) in [6.07, 6.45) is 1.91. The Bertz CT molecular complexity index is 772. The Labute approximate surface area is 140 Å². The number of benzene rings is 1. The number of ether oxygens (including phenoxy) is 1. The molecule has 0 spiro atoms. The van der Waals surface area contributed by atoms with Crippen LogP contribution in [0.25, 0.3) is 0 Å². The number of hydrogen-bond acceptors (Lipinski definition) is 4. The fraction of sp³-hybridized carbons (Fsp3) is 0.333. The molecule has 2 N–H and O–H groups in total. The number of anilines is 1. The zero-order valence-corrected chi connectivity index (χ0v) is 13.6. The van der Waals surface area contributed by atoms with Gasteiger partial charge in [0.05, 0.1) is 7.11 Å². The van der Waals surface area contributed by atoms with E-state index in [1.54, 1.807) is 19.2 Å². The molecule has 0 saturated carbocycles. The molecule has 0 bridgehead atoms. The quantitative estimate of drug-likeness (QED) is 0.898. The Hall–Kier alpha value is -2.76. The van der Waals surface area contributed by atoms with Crippen molar-refractivity contribution in [3.05, 3.63) is 58.5 Å². The summed E-state index contributed by atoms with van der Waals surface area (Å²) < 4.78 is 5.28. The molecule has 1 aliphatic heterocycles. The van der Waals surface area contributed by atoms with Gasteiger partial charge >= 0.3 is 0 Å². The van der Waals surface area contributed by atoms with Crippen LogP contribution in [0.2, 0.25) is 0 Å². The van der Waals surface area contributed by atoms with Crippen molar-refractivity contribution in [3.63, 3.8) is 0 Å². The first-order valence-electron chi connectivity index (χ1n) is 8.05. The van der Waals surface area contributed by atoms with Gasteiger partial charge in [0.2, 0.25) is 5.56 Å². The number of methoxy groups -OCH3 is 1. The molecular weight excluding hydrogens is 306 g/mol. The van der Waals surface area contributed by atoms with E-state index in [1.807, 2.05) is 24.3 Å². The molecule has 1 fully saturated rings. The Morgan fingerprint density at radius 2 is 2.12 bits per heavy atom. The van der Waals surface area contributed by atoms with Gasteiger partial charge in [-0.15, -0.1) is 0 Å². The molecule has 1 aromatic heterocycles. The normalized spacial score (nSPS) is 17.4. The van der Waals surface area contributed by atoms with Gasteiger partial charge in [0.1, 0.15) is 11.4 Å². The van der Waals surface area contributed by atoms with Crippen molar-refractivity contribution in [2.45, 2.75) is 18.9 Å². The van der Waals surface area contributed by atoms with Gasteiger partial charge in [0.25, 0.3) is 5.91 Å². The lowest BCUT2D eigenvalue weighted by Crippen LogP contribution is -2.48. The topological polar surface area (TPSA) is 74.4 Å². The van der Waals surface area contributed by atoms with Crippen LogP contribution in [-0.4, -0.2) is 37.1 Å². The number of hydrogen-bond donors (Lipinski definition) is 2. The first kappa shape index (κ1) is 16.1. The van der Waals surface area contributed by atoms with E-state index in [2.05, 4.69) is 15.2 Å². The molecule has 0 radical (unpaired) electrons. The largest absolute Gasteiger partial charge is 0.497 e. The van der Waals surface area contributed by atoms with Gasteiger partial charge in [-0.2, -0.15) is 0 Å². The number of aromatic amines is 1. The number of H-pyrrole nitrogens is 1. The van der Waals surface area contributed by atoms with E-state index < -0.39 is 0 Å². The fourth-order valence-corrected chi connectivity index (χ4v) is 2.98. The predicted octanol–water partition coefficient (Wildman–Crippen LogP) is 1.78. The van der Waals surface area contributed by atoms with Gasteiger partial charge in [-0.1, -0.05) is 12.1 Å². The molecule has 1 atom stereocenters. The number of pyridine rings is 1. The Morgan fingerprint density at radius 3 is 2.92 bits per heavy atom. The molecule has 126 valence electrons. The van der Waals surface area contributed by atoms with Crippen LogP contribution in [0, 0.1) is 0 Å². The summed E-state index contributed by atoms with van der Waals surface area (Å²) >= 11 is 0. The number of aromatic nitrogens is 1. The van der Waals surface area contributed by atoms with Crippen LogP contribution >= 0.6 is 0 Å². The lowest BCUT2D eigenvalue weighted by atomic mass is 10.0. The number of carbonyl (C=O) groups excluding carboxylic acids is 1. The van der Waals surface area contributed by atoms with E-state index in [-0.39, 0.29) is 17.5 Å². The number of carbonyl (C=O) groups is 1. The SMILES string of the molecule is COc1cccc(N2CCCC(NC(=O)c3cccc(=O)[nH]3)C2)c1. The van der Waals surface area contributed by atoms with Gasteiger partial charge in [0.15, 0.2) is 0 Å². The third kappa shape index (κ3) is 3.76. The zero-order chi connectivity index (χ0) is 16.9. The molecule has 0 aliphatic carbocycles. The number of nitrogens with zero attached hydrogens (tertiary/aromatic N) is 1. The highest BCUT2D eigenvalue weighted by molar-refractivity contribution is 5.92. The first-order valence-corrected chi connectivity index (χ1v) is 8.05. The predicted molar refractivity (Wildman–Crippen MR) is 92.8 cm³/mol. The third-order valence-corrected chi connectivity index (χ3v) is 4.19. The maximum Gasteiger partial charge on any atom is 0.268 e. The molecule has 2 aromatic rings. The summed E-state index contributed by atoms with van der Waals surface area (Å²) in [7, 11) is 1.65. The molecule has 1 aliphatic rings. The van der Waals surface area contributed by atoms with Crippen molar-refractivity contribution in [2.75, 3.05) is 25.1 Å². The Kier molecular flexibility index (Phi) is 4.84. The van der Waals surface area contributed by atoms with E-state index in [9.17, 15) is 9.59 Å². The molecule has 6 nitrogen and oxygen atoms in total. The molecule has 1 aromatic carbocycles. The summed E-state index contributed by atoms with van der Waals surface area (Å²) in [5.41, 5.74) is 1.10. The van der Waals surface area contributed by atoms with Gasteiger partial charge in [-0.25, -0.2) is 0 Å². The Balaban J connectivity index is 1.67. The van der Waals surface area contributed by atoms with Crippen LogP contribution in [0.1, 0.15) is 23.3 Å². The zero-order valence-electron chi connectivity index (χ0n) is 13.6. The maximum absolute atomic E-state index is 12.3. The molecule has 24 heavy (non-hydrogen) atoms. The van der Waals surface area contributed by atoms with Crippen molar-refractivity contribution < 1.29 is 9.53 Å². The molecule has 2 heterocycles.